The molecule has 0 radical (unpaired) electrons. The fraction of sp³-hybridized carbons (Fsp3) is 0. The van der Waals surface area contributed by atoms with E-state index in [1.807, 2.05) is 72.9 Å². The first-order valence-corrected chi connectivity index (χ1v) is 15.1. The highest BCUT2D eigenvalue weighted by Gasteiger charge is 2.18. The average Bonchev–Trinajstić information content (AvgIpc) is 3.49. The molecule has 0 saturated heterocycles. The van der Waals surface area contributed by atoms with Crippen LogP contribution in [-0.2, 0) is 14.9 Å². The van der Waals surface area contributed by atoms with Gasteiger partial charge < -0.3 is 9.50 Å². The fourth-order valence-corrected chi connectivity index (χ4v) is 5.57. The first-order chi connectivity index (χ1) is 21.7. The number of hydrogen-bond acceptors (Lipinski definition) is 7. The Kier molecular flexibility index (Phi) is 7.91. The Morgan fingerprint density at radius 1 is 0.844 bits per heavy atom. The smallest absolute Gasteiger partial charge is 0.339 e. The van der Waals surface area contributed by atoms with Gasteiger partial charge in [0.1, 0.15) is 10.6 Å². The summed E-state index contributed by atoms with van der Waals surface area (Å²) in [5.74, 6) is -0.394. The Bertz CT molecular complexity index is 2160. The number of nitro groups is 1. The summed E-state index contributed by atoms with van der Waals surface area (Å²) in [6.45, 7) is 0. The summed E-state index contributed by atoms with van der Waals surface area (Å²) in [6, 6.07) is 34.0. The third-order valence-corrected chi connectivity index (χ3v) is 8.13. The molecule has 0 saturated carbocycles. The number of nitrogens with one attached hydrogen (secondary N) is 1. The zero-order valence-electron chi connectivity index (χ0n) is 23.5. The van der Waals surface area contributed by atoms with Gasteiger partial charge in [-0.05, 0) is 71.4 Å². The molecule has 1 heterocycles. The number of nitrogens with zero attached hydrogens (tertiary/aromatic N) is 3. The van der Waals surface area contributed by atoms with Crippen LogP contribution in [0.15, 0.2) is 138 Å². The van der Waals surface area contributed by atoms with Gasteiger partial charge in [0.2, 0.25) is 5.91 Å². The van der Waals surface area contributed by atoms with Gasteiger partial charge in [0.15, 0.2) is 0 Å². The zero-order chi connectivity index (χ0) is 31.4. The lowest BCUT2D eigenvalue weighted by Gasteiger charge is -2.08. The average molecular weight is 617 g/mol. The topological polar surface area (TPSA) is 133 Å². The number of amides is 1. The Labute approximate surface area is 258 Å². The van der Waals surface area contributed by atoms with Crippen molar-refractivity contribution in [2.24, 2.45) is 0 Å². The number of rotatable bonds is 9. The van der Waals surface area contributed by atoms with Gasteiger partial charge in [-0.2, -0.15) is 13.5 Å². The number of para-hydroxylation sites is 1. The Morgan fingerprint density at radius 2 is 1.53 bits per heavy atom. The van der Waals surface area contributed by atoms with Crippen LogP contribution >= 0.6 is 0 Å². The van der Waals surface area contributed by atoms with E-state index in [4.69, 9.17) is 9.28 Å². The van der Waals surface area contributed by atoms with Gasteiger partial charge >= 0.3 is 10.1 Å². The van der Waals surface area contributed by atoms with Crippen molar-refractivity contribution in [3.63, 3.8) is 0 Å². The highest BCUT2D eigenvalue weighted by molar-refractivity contribution is 7.87. The standard InChI is InChI=1S/C34H24N4O6S/c39-33(35-28-13-17-31(18-14-28)44-45(42,43)32-19-15-30(16-20-32)38(40)41)21-12-27-23-37(29-8-2-1-3-9-29)36-34(27)26-11-10-24-6-4-5-7-25(24)22-26/h1-23H,(H,35,39)/b21-12-. The quantitative estimate of drug-likeness (QED) is 0.0799. The van der Waals surface area contributed by atoms with Crippen LogP contribution in [0.3, 0.4) is 0 Å². The first-order valence-electron chi connectivity index (χ1n) is 13.7. The van der Waals surface area contributed by atoms with Gasteiger partial charge in [-0.3, -0.25) is 14.9 Å². The van der Waals surface area contributed by atoms with Crippen molar-refractivity contribution in [3.8, 4) is 22.7 Å². The molecule has 5 aromatic carbocycles. The minimum absolute atomic E-state index is 0.00949. The summed E-state index contributed by atoms with van der Waals surface area (Å²) in [7, 11) is -4.22. The molecule has 0 aliphatic rings. The molecule has 0 fully saturated rings. The molecule has 0 aliphatic heterocycles. The molecule has 0 aliphatic carbocycles. The van der Waals surface area contributed by atoms with Crippen molar-refractivity contribution in [3.05, 3.63) is 149 Å². The van der Waals surface area contributed by atoms with Crippen molar-refractivity contribution in [2.75, 3.05) is 5.32 Å². The lowest BCUT2D eigenvalue weighted by Crippen LogP contribution is -2.10. The fourth-order valence-electron chi connectivity index (χ4n) is 4.64. The molecule has 11 heteroatoms. The van der Waals surface area contributed by atoms with Gasteiger partial charge in [0.25, 0.3) is 5.69 Å². The number of anilines is 1. The lowest BCUT2D eigenvalue weighted by atomic mass is 10.0. The predicted octanol–water partition coefficient (Wildman–Crippen LogP) is 7.02. The number of hydrogen-bond donors (Lipinski definition) is 1. The number of aromatic nitrogens is 2. The molecule has 6 aromatic rings. The number of carbonyl (C=O) groups excluding carboxylic acids is 1. The van der Waals surface area contributed by atoms with E-state index in [1.54, 1.807) is 10.8 Å². The maximum absolute atomic E-state index is 12.9. The highest BCUT2D eigenvalue weighted by atomic mass is 32.2. The number of nitro benzene ring substituents is 1. The summed E-state index contributed by atoms with van der Waals surface area (Å²) in [5, 5.41) is 20.6. The Balaban J connectivity index is 1.18. The molecule has 0 spiro atoms. The molecular formula is C34H24N4O6S. The van der Waals surface area contributed by atoms with Crippen molar-refractivity contribution >= 4 is 44.2 Å². The summed E-state index contributed by atoms with van der Waals surface area (Å²) in [4.78, 5) is 22.8. The molecule has 222 valence electrons. The molecule has 0 bridgehead atoms. The van der Waals surface area contributed by atoms with Crippen LogP contribution in [0.5, 0.6) is 5.75 Å². The van der Waals surface area contributed by atoms with Crippen molar-refractivity contribution in [1.82, 2.24) is 9.78 Å². The van der Waals surface area contributed by atoms with Crippen molar-refractivity contribution < 1.29 is 22.3 Å². The van der Waals surface area contributed by atoms with Crippen LogP contribution in [-0.4, -0.2) is 29.0 Å². The van der Waals surface area contributed by atoms with Crippen molar-refractivity contribution in [1.29, 1.82) is 0 Å². The SMILES string of the molecule is O=C(/C=C\c1cn(-c2ccccc2)nc1-c1ccc2ccccc2c1)Nc1ccc(OS(=O)(=O)c2ccc([N+](=O)[O-])cc2)cc1. The van der Waals surface area contributed by atoms with E-state index in [2.05, 4.69) is 11.4 Å². The predicted molar refractivity (Wildman–Crippen MR) is 172 cm³/mol. The van der Waals surface area contributed by atoms with Gasteiger partial charge in [-0.25, -0.2) is 4.68 Å². The molecule has 6 rings (SSSR count). The molecule has 1 N–H and O–H groups in total. The van der Waals surface area contributed by atoms with E-state index in [0.717, 1.165) is 51.9 Å². The zero-order valence-corrected chi connectivity index (χ0v) is 24.3. The van der Waals surface area contributed by atoms with Crippen LogP contribution in [0, 0.1) is 10.1 Å². The second-order valence-electron chi connectivity index (χ2n) is 9.91. The second kappa shape index (κ2) is 12.3. The summed E-state index contributed by atoms with van der Waals surface area (Å²) >= 11 is 0. The van der Waals surface area contributed by atoms with E-state index in [9.17, 15) is 23.3 Å². The minimum Gasteiger partial charge on any atom is -0.379 e. The summed E-state index contributed by atoms with van der Waals surface area (Å²) in [5.41, 5.74) is 3.41. The molecule has 1 amide bonds. The number of fused-ring (bicyclic) bond motifs is 1. The lowest BCUT2D eigenvalue weighted by molar-refractivity contribution is -0.384. The van der Waals surface area contributed by atoms with Gasteiger partial charge in [-0.15, -0.1) is 0 Å². The van der Waals surface area contributed by atoms with Crippen LogP contribution in [0.25, 0.3) is 33.8 Å². The minimum atomic E-state index is -4.22. The Morgan fingerprint density at radius 3 is 2.24 bits per heavy atom. The second-order valence-corrected chi connectivity index (χ2v) is 11.5. The maximum Gasteiger partial charge on any atom is 0.339 e. The van der Waals surface area contributed by atoms with Crippen LogP contribution in [0.1, 0.15) is 5.56 Å². The third-order valence-electron chi connectivity index (χ3n) is 6.86. The van der Waals surface area contributed by atoms with Gasteiger partial charge in [-0.1, -0.05) is 54.6 Å². The van der Waals surface area contributed by atoms with E-state index in [1.165, 1.54) is 30.3 Å². The largest absolute Gasteiger partial charge is 0.379 e. The summed E-state index contributed by atoms with van der Waals surface area (Å²) < 4.78 is 32.1. The maximum atomic E-state index is 12.9. The highest BCUT2D eigenvalue weighted by Crippen LogP contribution is 2.28. The molecule has 0 unspecified atom stereocenters. The van der Waals surface area contributed by atoms with Crippen molar-refractivity contribution in [2.45, 2.75) is 4.90 Å². The van der Waals surface area contributed by atoms with E-state index in [-0.39, 0.29) is 16.3 Å². The van der Waals surface area contributed by atoms with Crippen LogP contribution in [0.4, 0.5) is 11.4 Å². The molecule has 45 heavy (non-hydrogen) atoms. The first kappa shape index (κ1) is 29.0. The van der Waals surface area contributed by atoms with E-state index >= 15 is 0 Å². The molecule has 10 nitrogen and oxygen atoms in total. The molecule has 1 aromatic heterocycles. The summed E-state index contributed by atoms with van der Waals surface area (Å²) in [6.07, 6.45) is 4.96. The number of carbonyl (C=O) groups is 1. The molecule has 0 atom stereocenters. The van der Waals surface area contributed by atoms with Crippen LogP contribution < -0.4 is 9.50 Å². The monoisotopic (exact) mass is 616 g/mol. The van der Waals surface area contributed by atoms with E-state index < -0.39 is 20.9 Å². The van der Waals surface area contributed by atoms with Gasteiger partial charge in [0.05, 0.1) is 16.3 Å². The number of non-ortho nitro benzene ring substituents is 1. The van der Waals surface area contributed by atoms with E-state index in [0.29, 0.717) is 11.4 Å². The normalized spacial score (nSPS) is 11.5. The number of benzene rings is 5. The van der Waals surface area contributed by atoms with Gasteiger partial charge in [0, 0.05) is 41.2 Å². The molecular weight excluding hydrogens is 592 g/mol. The Hall–Kier alpha value is -6.07. The third kappa shape index (κ3) is 6.63. The van der Waals surface area contributed by atoms with Crippen LogP contribution in [0.2, 0.25) is 0 Å².